The Balaban J connectivity index is 1.46. The maximum atomic E-state index is 12.8. The summed E-state index contributed by atoms with van der Waals surface area (Å²) in [6.45, 7) is 4.50. The maximum Gasteiger partial charge on any atom is 0.249 e. The van der Waals surface area contributed by atoms with Crippen LogP contribution in [0.15, 0.2) is 18.6 Å². The number of carbonyl (C=O) groups is 2. The number of amides is 2. The average molecular weight is 400 g/mol. The highest BCUT2D eigenvalue weighted by atomic mass is 16.5. The zero-order valence-corrected chi connectivity index (χ0v) is 17.1. The first kappa shape index (κ1) is 19.6. The third-order valence-electron chi connectivity index (χ3n) is 6.24. The van der Waals surface area contributed by atoms with Gasteiger partial charge in [0.2, 0.25) is 11.8 Å². The van der Waals surface area contributed by atoms with Gasteiger partial charge in [-0.15, -0.1) is 0 Å². The van der Waals surface area contributed by atoms with Crippen LogP contribution in [0, 0.1) is 6.92 Å². The Labute approximate surface area is 170 Å². The number of piperidine rings is 1. The van der Waals surface area contributed by atoms with Crippen molar-refractivity contribution in [3.63, 3.8) is 0 Å². The minimum atomic E-state index is -0.460. The van der Waals surface area contributed by atoms with E-state index in [2.05, 4.69) is 15.1 Å². The molecule has 2 aliphatic rings. The molecule has 29 heavy (non-hydrogen) atoms. The number of H-pyrrole nitrogens is 1. The second-order valence-corrected chi connectivity index (χ2v) is 7.82. The number of nitrogens with one attached hydrogen (secondary N) is 1. The Morgan fingerprint density at radius 1 is 1.24 bits per heavy atom. The molecule has 1 fully saturated rings. The van der Waals surface area contributed by atoms with Crippen LogP contribution in [0.1, 0.15) is 36.3 Å². The van der Waals surface area contributed by atoms with E-state index in [1.807, 2.05) is 27.5 Å². The molecule has 156 valence electrons. The number of aromatic nitrogens is 4. The summed E-state index contributed by atoms with van der Waals surface area (Å²) in [4.78, 5) is 37.1. The van der Waals surface area contributed by atoms with E-state index in [-0.39, 0.29) is 18.4 Å². The van der Waals surface area contributed by atoms with E-state index in [4.69, 9.17) is 4.74 Å². The van der Waals surface area contributed by atoms with Crippen molar-refractivity contribution in [1.82, 2.24) is 29.5 Å². The van der Waals surface area contributed by atoms with Crippen LogP contribution >= 0.6 is 0 Å². The summed E-state index contributed by atoms with van der Waals surface area (Å²) < 4.78 is 6.96. The Kier molecular flexibility index (Phi) is 5.40. The Morgan fingerprint density at radius 3 is 2.72 bits per heavy atom. The minimum Gasteiger partial charge on any atom is -0.375 e. The zero-order valence-electron chi connectivity index (χ0n) is 17.1. The van der Waals surface area contributed by atoms with Crippen molar-refractivity contribution in [1.29, 1.82) is 0 Å². The van der Waals surface area contributed by atoms with Crippen molar-refractivity contribution in [2.24, 2.45) is 0 Å². The van der Waals surface area contributed by atoms with E-state index in [9.17, 15) is 9.59 Å². The summed E-state index contributed by atoms with van der Waals surface area (Å²) in [5.41, 5.74) is 2.64. The van der Waals surface area contributed by atoms with Gasteiger partial charge in [0.05, 0.1) is 17.6 Å². The van der Waals surface area contributed by atoms with E-state index in [1.54, 1.807) is 12.5 Å². The predicted octanol–water partition coefficient (Wildman–Crippen LogP) is 0.854. The van der Waals surface area contributed by atoms with Gasteiger partial charge in [-0.1, -0.05) is 0 Å². The standard InChI is InChI=1S/C20H28N6O3/c1-15-3-8-23-26(15)10-5-17(27)24-11-6-20(7-12-24)19-16(21-14-22-19)4-9-25(20)18(28)13-29-2/h3,8,14H,4-7,9-13H2,1-2H3,(H,21,22). The lowest BCUT2D eigenvalue weighted by Crippen LogP contribution is -2.59. The molecule has 0 radical (unpaired) electrons. The molecule has 2 aromatic rings. The van der Waals surface area contributed by atoms with Crippen molar-refractivity contribution in [3.8, 4) is 0 Å². The topological polar surface area (TPSA) is 96.4 Å². The second-order valence-electron chi connectivity index (χ2n) is 7.82. The summed E-state index contributed by atoms with van der Waals surface area (Å²) in [6.07, 6.45) is 6.02. The highest BCUT2D eigenvalue weighted by Gasteiger charge is 2.48. The number of nitrogens with zero attached hydrogens (tertiary/aromatic N) is 5. The van der Waals surface area contributed by atoms with Gasteiger partial charge in [-0.05, 0) is 25.8 Å². The molecule has 9 nitrogen and oxygen atoms in total. The molecule has 2 aromatic heterocycles. The quantitative estimate of drug-likeness (QED) is 0.803. The number of aromatic amines is 1. The van der Waals surface area contributed by atoms with Crippen molar-refractivity contribution >= 4 is 11.8 Å². The molecule has 4 rings (SSSR count). The molecule has 4 heterocycles. The van der Waals surface area contributed by atoms with Crippen LogP contribution in [0.4, 0.5) is 0 Å². The lowest BCUT2D eigenvalue weighted by atomic mass is 9.78. The van der Waals surface area contributed by atoms with E-state index in [0.717, 1.165) is 23.5 Å². The van der Waals surface area contributed by atoms with Crippen molar-refractivity contribution in [2.75, 3.05) is 33.4 Å². The third kappa shape index (κ3) is 3.55. The van der Waals surface area contributed by atoms with Gasteiger partial charge >= 0.3 is 0 Å². The molecular formula is C20H28N6O3. The first-order valence-electron chi connectivity index (χ1n) is 10.1. The summed E-state index contributed by atoms with van der Waals surface area (Å²) in [5, 5.41) is 4.25. The lowest BCUT2D eigenvalue weighted by Gasteiger charge is -2.50. The van der Waals surface area contributed by atoms with Gasteiger partial charge < -0.3 is 19.5 Å². The highest BCUT2D eigenvalue weighted by Crippen LogP contribution is 2.42. The van der Waals surface area contributed by atoms with Crippen LogP contribution < -0.4 is 0 Å². The third-order valence-corrected chi connectivity index (χ3v) is 6.24. The van der Waals surface area contributed by atoms with Crippen molar-refractivity contribution in [3.05, 3.63) is 35.7 Å². The summed E-state index contributed by atoms with van der Waals surface area (Å²) in [6, 6.07) is 1.94. The minimum absolute atomic E-state index is 0.0184. The number of hydrogen-bond donors (Lipinski definition) is 1. The van der Waals surface area contributed by atoms with Crippen LogP contribution in [0.5, 0.6) is 0 Å². The molecule has 1 N–H and O–H groups in total. The van der Waals surface area contributed by atoms with Crippen molar-refractivity contribution in [2.45, 2.75) is 44.7 Å². The number of methoxy groups -OCH3 is 1. The number of carbonyl (C=O) groups excluding carboxylic acids is 2. The van der Waals surface area contributed by atoms with Crippen LogP contribution in [0.3, 0.4) is 0 Å². The number of aryl methyl sites for hydroxylation is 2. The summed E-state index contributed by atoms with van der Waals surface area (Å²) in [7, 11) is 1.54. The van der Waals surface area contributed by atoms with E-state index in [1.165, 1.54) is 7.11 Å². The van der Waals surface area contributed by atoms with Gasteiger partial charge in [-0.3, -0.25) is 14.3 Å². The largest absolute Gasteiger partial charge is 0.375 e. The number of rotatable bonds is 5. The fraction of sp³-hybridized carbons (Fsp3) is 0.600. The number of fused-ring (bicyclic) bond motifs is 2. The molecule has 0 bridgehead atoms. The van der Waals surface area contributed by atoms with Gasteiger partial charge in [0.25, 0.3) is 0 Å². The van der Waals surface area contributed by atoms with Gasteiger partial charge in [0.1, 0.15) is 6.61 Å². The Morgan fingerprint density at radius 2 is 2.03 bits per heavy atom. The monoisotopic (exact) mass is 400 g/mol. The Bertz CT molecular complexity index is 880. The van der Waals surface area contributed by atoms with Gasteiger partial charge in [-0.25, -0.2) is 4.98 Å². The van der Waals surface area contributed by atoms with Crippen molar-refractivity contribution < 1.29 is 14.3 Å². The van der Waals surface area contributed by atoms with Gasteiger partial charge in [0, 0.05) is 63.7 Å². The molecule has 0 saturated carbocycles. The zero-order chi connectivity index (χ0) is 20.4. The van der Waals surface area contributed by atoms with Crippen LogP contribution in [0.2, 0.25) is 0 Å². The Hall–Kier alpha value is -2.68. The number of imidazole rings is 1. The fourth-order valence-electron chi connectivity index (χ4n) is 4.67. The molecule has 9 heteroatoms. The number of hydrogen-bond acceptors (Lipinski definition) is 5. The summed E-state index contributed by atoms with van der Waals surface area (Å²) in [5.74, 6) is 0.109. The maximum absolute atomic E-state index is 12.8. The number of likely N-dealkylation sites (tertiary alicyclic amines) is 1. The predicted molar refractivity (Wildman–Crippen MR) is 105 cm³/mol. The molecule has 2 aliphatic heterocycles. The van der Waals surface area contributed by atoms with Gasteiger partial charge in [0.15, 0.2) is 0 Å². The first-order valence-corrected chi connectivity index (χ1v) is 10.1. The van der Waals surface area contributed by atoms with Crippen LogP contribution in [0.25, 0.3) is 0 Å². The van der Waals surface area contributed by atoms with Gasteiger partial charge in [-0.2, -0.15) is 5.10 Å². The smallest absolute Gasteiger partial charge is 0.249 e. The SMILES string of the molecule is COCC(=O)N1CCc2[nH]cnc2C12CCN(C(=O)CCn1nccc1C)CC2. The van der Waals surface area contributed by atoms with E-state index >= 15 is 0 Å². The number of ether oxygens (including phenoxy) is 1. The molecule has 2 amide bonds. The molecule has 0 unspecified atom stereocenters. The highest BCUT2D eigenvalue weighted by molar-refractivity contribution is 5.79. The molecular weight excluding hydrogens is 372 g/mol. The first-order chi connectivity index (χ1) is 14.0. The molecule has 1 saturated heterocycles. The fourth-order valence-corrected chi connectivity index (χ4v) is 4.67. The molecule has 0 atom stereocenters. The average Bonchev–Trinajstić information content (AvgIpc) is 3.36. The van der Waals surface area contributed by atoms with E-state index in [0.29, 0.717) is 45.4 Å². The lowest BCUT2D eigenvalue weighted by molar-refractivity contribution is -0.147. The molecule has 0 aliphatic carbocycles. The van der Waals surface area contributed by atoms with E-state index < -0.39 is 5.54 Å². The van der Waals surface area contributed by atoms with Crippen LogP contribution in [-0.2, 0) is 32.8 Å². The molecule has 1 spiro atoms. The second kappa shape index (κ2) is 7.98. The normalized spacial score (nSPS) is 18.1. The molecule has 0 aromatic carbocycles. The summed E-state index contributed by atoms with van der Waals surface area (Å²) >= 11 is 0. The van der Waals surface area contributed by atoms with Crippen LogP contribution in [-0.4, -0.2) is 74.7 Å².